The van der Waals surface area contributed by atoms with Gasteiger partial charge in [0.1, 0.15) is 0 Å². The first-order valence-corrected chi connectivity index (χ1v) is 7.78. The second kappa shape index (κ2) is 4.79. The SMILES string of the molecule is CN1CCN(CCc2ccc3c(c2)OC(F)(F)O3)S1(=O)=O. The Morgan fingerprint density at radius 1 is 1.24 bits per heavy atom. The summed E-state index contributed by atoms with van der Waals surface area (Å²) < 4.78 is 60.9. The average molecular weight is 320 g/mol. The number of benzene rings is 1. The lowest BCUT2D eigenvalue weighted by atomic mass is 10.1. The zero-order chi connectivity index (χ0) is 15.3. The van der Waals surface area contributed by atoms with Crippen LogP contribution in [0.3, 0.4) is 0 Å². The van der Waals surface area contributed by atoms with Gasteiger partial charge in [-0.2, -0.15) is 17.0 Å². The van der Waals surface area contributed by atoms with E-state index in [1.54, 1.807) is 6.07 Å². The summed E-state index contributed by atoms with van der Waals surface area (Å²) in [7, 11) is -1.85. The molecule has 0 bridgehead atoms. The number of likely N-dealkylation sites (N-methyl/N-ethyl adjacent to an activating group) is 1. The van der Waals surface area contributed by atoms with Gasteiger partial charge in [-0.1, -0.05) is 6.07 Å². The van der Waals surface area contributed by atoms with Gasteiger partial charge in [-0.25, -0.2) is 0 Å². The van der Waals surface area contributed by atoms with Crippen molar-refractivity contribution in [2.75, 3.05) is 26.7 Å². The Hall–Kier alpha value is -1.45. The summed E-state index contributed by atoms with van der Waals surface area (Å²) in [4.78, 5) is 0. The molecule has 116 valence electrons. The zero-order valence-corrected chi connectivity index (χ0v) is 12.1. The lowest BCUT2D eigenvalue weighted by Crippen LogP contribution is -2.32. The molecule has 1 aromatic carbocycles. The van der Waals surface area contributed by atoms with Crippen molar-refractivity contribution in [3.8, 4) is 11.5 Å². The summed E-state index contributed by atoms with van der Waals surface area (Å²) in [5, 5.41) is 0. The lowest BCUT2D eigenvalue weighted by Gasteiger charge is -2.15. The first-order valence-electron chi connectivity index (χ1n) is 6.38. The number of hydrogen-bond donors (Lipinski definition) is 0. The van der Waals surface area contributed by atoms with Crippen LogP contribution in [0.4, 0.5) is 8.78 Å². The van der Waals surface area contributed by atoms with E-state index in [-0.39, 0.29) is 11.5 Å². The molecule has 1 fully saturated rings. The number of fused-ring (bicyclic) bond motifs is 1. The van der Waals surface area contributed by atoms with Gasteiger partial charge in [-0.3, -0.25) is 0 Å². The van der Waals surface area contributed by atoms with Crippen LogP contribution in [0.15, 0.2) is 18.2 Å². The first kappa shape index (κ1) is 14.5. The molecule has 9 heteroatoms. The van der Waals surface area contributed by atoms with Crippen molar-refractivity contribution in [1.29, 1.82) is 0 Å². The third kappa shape index (κ3) is 2.68. The molecule has 0 aromatic heterocycles. The predicted octanol–water partition coefficient (Wildman–Crippen LogP) is 1.04. The van der Waals surface area contributed by atoms with E-state index in [4.69, 9.17) is 0 Å². The van der Waals surface area contributed by atoms with Gasteiger partial charge >= 0.3 is 6.29 Å². The molecule has 0 spiro atoms. The third-order valence-corrected chi connectivity index (χ3v) is 5.49. The molecule has 3 rings (SSSR count). The van der Waals surface area contributed by atoms with Crippen molar-refractivity contribution in [2.45, 2.75) is 12.7 Å². The summed E-state index contributed by atoms with van der Waals surface area (Å²) in [5.41, 5.74) is 0.708. The molecular formula is C12H14F2N2O4S. The Morgan fingerprint density at radius 3 is 2.62 bits per heavy atom. The van der Waals surface area contributed by atoms with E-state index in [1.165, 1.54) is 27.8 Å². The molecule has 0 N–H and O–H groups in total. The van der Waals surface area contributed by atoms with Gasteiger partial charge < -0.3 is 9.47 Å². The molecule has 2 aliphatic heterocycles. The monoisotopic (exact) mass is 320 g/mol. The van der Waals surface area contributed by atoms with Crippen molar-refractivity contribution in [3.05, 3.63) is 23.8 Å². The normalized spacial score (nSPS) is 23.6. The van der Waals surface area contributed by atoms with E-state index in [0.717, 1.165) is 0 Å². The number of nitrogens with zero attached hydrogens (tertiary/aromatic N) is 2. The molecule has 0 atom stereocenters. The van der Waals surface area contributed by atoms with Crippen molar-refractivity contribution in [1.82, 2.24) is 8.61 Å². The lowest BCUT2D eigenvalue weighted by molar-refractivity contribution is -0.286. The maximum absolute atomic E-state index is 12.9. The number of halogens is 2. The number of rotatable bonds is 3. The topological polar surface area (TPSA) is 59.1 Å². The fraction of sp³-hybridized carbons (Fsp3) is 0.500. The van der Waals surface area contributed by atoms with Crippen LogP contribution in [0, 0.1) is 0 Å². The Bertz CT molecular complexity index is 665. The third-order valence-electron chi connectivity index (χ3n) is 3.50. The van der Waals surface area contributed by atoms with Crippen molar-refractivity contribution in [3.63, 3.8) is 0 Å². The van der Waals surface area contributed by atoms with Crippen LogP contribution in [-0.4, -0.2) is 50.0 Å². The molecule has 0 aliphatic carbocycles. The molecule has 0 unspecified atom stereocenters. The van der Waals surface area contributed by atoms with E-state index >= 15 is 0 Å². The molecule has 1 saturated heterocycles. The summed E-state index contributed by atoms with van der Waals surface area (Å²) in [6, 6.07) is 4.47. The molecule has 0 amide bonds. The fourth-order valence-electron chi connectivity index (χ4n) is 2.31. The Balaban J connectivity index is 1.68. The van der Waals surface area contributed by atoms with Gasteiger partial charge in [0.2, 0.25) is 0 Å². The number of alkyl halides is 2. The Kier molecular flexibility index (Phi) is 3.30. The smallest absolute Gasteiger partial charge is 0.395 e. The second-order valence-electron chi connectivity index (χ2n) is 4.93. The first-order chi connectivity index (χ1) is 9.78. The summed E-state index contributed by atoms with van der Waals surface area (Å²) in [6.45, 7) is 1.18. The molecule has 0 saturated carbocycles. The van der Waals surface area contributed by atoms with Crippen LogP contribution >= 0.6 is 0 Å². The molecule has 21 heavy (non-hydrogen) atoms. The van der Waals surface area contributed by atoms with E-state index in [0.29, 0.717) is 31.6 Å². The quantitative estimate of drug-likeness (QED) is 0.835. The van der Waals surface area contributed by atoms with Crippen LogP contribution < -0.4 is 9.47 Å². The van der Waals surface area contributed by atoms with E-state index in [2.05, 4.69) is 9.47 Å². The maximum Gasteiger partial charge on any atom is 0.586 e. The average Bonchev–Trinajstić information content (AvgIpc) is 2.83. The minimum absolute atomic E-state index is 0.0164. The van der Waals surface area contributed by atoms with Gasteiger partial charge in [-0.15, -0.1) is 8.78 Å². The Morgan fingerprint density at radius 2 is 1.95 bits per heavy atom. The summed E-state index contributed by atoms with van der Waals surface area (Å²) in [5.74, 6) is -0.0452. The van der Waals surface area contributed by atoms with Crippen LogP contribution in [0.1, 0.15) is 5.56 Å². The molecule has 2 heterocycles. The van der Waals surface area contributed by atoms with E-state index < -0.39 is 16.5 Å². The van der Waals surface area contributed by atoms with Gasteiger partial charge in [0.05, 0.1) is 0 Å². The van der Waals surface area contributed by atoms with Crippen molar-refractivity contribution >= 4 is 10.2 Å². The highest BCUT2D eigenvalue weighted by Crippen LogP contribution is 2.41. The van der Waals surface area contributed by atoms with Crippen LogP contribution in [0.2, 0.25) is 0 Å². The summed E-state index contributed by atoms with van der Waals surface area (Å²) >= 11 is 0. The zero-order valence-electron chi connectivity index (χ0n) is 11.3. The standard InChI is InChI=1S/C12H14F2N2O4S/c1-15-6-7-16(21(15,17)18)5-4-9-2-3-10-11(8-9)20-12(13,14)19-10/h2-3,8H,4-7H2,1H3. The molecule has 1 aromatic rings. The highest BCUT2D eigenvalue weighted by molar-refractivity contribution is 7.87. The van der Waals surface area contributed by atoms with Crippen LogP contribution in [0.5, 0.6) is 11.5 Å². The maximum atomic E-state index is 12.9. The molecule has 6 nitrogen and oxygen atoms in total. The van der Waals surface area contributed by atoms with Crippen molar-refractivity contribution in [2.24, 2.45) is 0 Å². The van der Waals surface area contributed by atoms with E-state index in [1.807, 2.05) is 0 Å². The second-order valence-corrected chi connectivity index (χ2v) is 6.96. The minimum Gasteiger partial charge on any atom is -0.395 e. The van der Waals surface area contributed by atoms with Crippen molar-refractivity contribution < 1.29 is 26.7 Å². The molecule has 2 aliphatic rings. The van der Waals surface area contributed by atoms with Crippen LogP contribution in [-0.2, 0) is 16.6 Å². The molecule has 0 radical (unpaired) electrons. The summed E-state index contributed by atoms with van der Waals surface area (Å²) in [6.07, 6.45) is -3.22. The van der Waals surface area contributed by atoms with Gasteiger partial charge in [0.25, 0.3) is 10.2 Å². The highest BCUT2D eigenvalue weighted by atomic mass is 32.2. The highest BCUT2D eigenvalue weighted by Gasteiger charge is 2.43. The predicted molar refractivity (Wildman–Crippen MR) is 69.5 cm³/mol. The molecular weight excluding hydrogens is 306 g/mol. The number of hydrogen-bond acceptors (Lipinski definition) is 4. The largest absolute Gasteiger partial charge is 0.586 e. The van der Waals surface area contributed by atoms with E-state index in [9.17, 15) is 17.2 Å². The number of ether oxygens (including phenoxy) is 2. The van der Waals surface area contributed by atoms with Gasteiger partial charge in [0.15, 0.2) is 11.5 Å². The fourth-order valence-corrected chi connectivity index (χ4v) is 3.65. The van der Waals surface area contributed by atoms with Gasteiger partial charge in [0, 0.05) is 26.7 Å². The van der Waals surface area contributed by atoms with Gasteiger partial charge in [-0.05, 0) is 24.1 Å². The van der Waals surface area contributed by atoms with Crippen LogP contribution in [0.25, 0.3) is 0 Å². The Labute approximate surface area is 121 Å². The minimum atomic E-state index is -3.64.